The number of hydrazone groups is 1. The summed E-state index contributed by atoms with van der Waals surface area (Å²) in [5.74, 6) is 0.0195. The van der Waals surface area contributed by atoms with Crippen LogP contribution < -0.4 is 10.7 Å². The molecule has 2 rings (SSSR count). The highest BCUT2D eigenvalue weighted by atomic mass is 79.9. The van der Waals surface area contributed by atoms with Crippen molar-refractivity contribution in [1.29, 1.82) is 0 Å². The minimum Gasteiger partial charge on any atom is -0.325 e. The number of carbonyl (C=O) groups excluding carboxylic acids is 2. The smallest absolute Gasteiger partial charge is 0.240 e. The third-order valence-corrected chi connectivity index (χ3v) is 4.63. The zero-order valence-electron chi connectivity index (χ0n) is 13.3. The van der Waals surface area contributed by atoms with Gasteiger partial charge < -0.3 is 5.32 Å². The first-order chi connectivity index (χ1) is 11.1. The highest BCUT2D eigenvalue weighted by Crippen LogP contribution is 2.22. The Morgan fingerprint density at radius 1 is 1.22 bits per heavy atom. The maximum Gasteiger partial charge on any atom is 0.240 e. The number of anilines is 1. The summed E-state index contributed by atoms with van der Waals surface area (Å²) in [6.07, 6.45) is 4.69. The summed E-state index contributed by atoms with van der Waals surface area (Å²) in [6, 6.07) is 7.37. The number of nitrogens with zero attached hydrogens (tertiary/aromatic N) is 1. The molecule has 0 spiro atoms. The van der Waals surface area contributed by atoms with Gasteiger partial charge in [-0.05, 0) is 53.2 Å². The molecule has 0 aliphatic heterocycles. The summed E-state index contributed by atoms with van der Waals surface area (Å²) < 4.78 is 0.815. The summed E-state index contributed by atoms with van der Waals surface area (Å²) in [6.45, 7) is 2.13. The lowest BCUT2D eigenvalue weighted by molar-refractivity contribution is -0.124. The highest BCUT2D eigenvalue weighted by molar-refractivity contribution is 9.10. The Hall–Kier alpha value is -1.69. The van der Waals surface area contributed by atoms with Crippen molar-refractivity contribution < 1.29 is 9.59 Å². The molecule has 6 heteroatoms. The zero-order chi connectivity index (χ0) is 16.7. The zero-order valence-corrected chi connectivity index (χ0v) is 14.9. The second-order valence-electron chi connectivity index (χ2n) is 5.81. The van der Waals surface area contributed by atoms with Crippen LogP contribution in [0.4, 0.5) is 5.69 Å². The van der Waals surface area contributed by atoms with Crippen LogP contribution in [-0.2, 0) is 9.59 Å². The number of carbonyl (C=O) groups is 2. The summed E-state index contributed by atoms with van der Waals surface area (Å²) in [4.78, 5) is 23.7. The van der Waals surface area contributed by atoms with Crippen molar-refractivity contribution in [3.8, 4) is 0 Å². The van der Waals surface area contributed by atoms with Gasteiger partial charge in [0.15, 0.2) is 0 Å². The Labute approximate surface area is 145 Å². The summed E-state index contributed by atoms with van der Waals surface area (Å²) >= 11 is 3.37. The van der Waals surface area contributed by atoms with Gasteiger partial charge in [0, 0.05) is 23.0 Å². The van der Waals surface area contributed by atoms with Crippen molar-refractivity contribution in [2.75, 3.05) is 5.32 Å². The van der Waals surface area contributed by atoms with Crippen LogP contribution >= 0.6 is 15.9 Å². The molecule has 23 heavy (non-hydrogen) atoms. The van der Waals surface area contributed by atoms with Crippen LogP contribution in [-0.4, -0.2) is 17.5 Å². The first kappa shape index (κ1) is 17.7. The molecule has 0 saturated heterocycles. The molecule has 1 aliphatic rings. The van der Waals surface area contributed by atoms with Gasteiger partial charge in [-0.3, -0.25) is 9.59 Å². The van der Waals surface area contributed by atoms with E-state index in [0.29, 0.717) is 11.6 Å². The van der Waals surface area contributed by atoms with Crippen molar-refractivity contribution in [3.05, 3.63) is 28.7 Å². The molecular formula is C17H22BrN3O2. The number of amides is 2. The van der Waals surface area contributed by atoms with E-state index in [4.69, 9.17) is 0 Å². The molecule has 2 N–H and O–H groups in total. The van der Waals surface area contributed by atoms with Crippen molar-refractivity contribution in [3.63, 3.8) is 0 Å². The van der Waals surface area contributed by atoms with E-state index in [2.05, 4.69) is 38.7 Å². The Morgan fingerprint density at radius 3 is 2.70 bits per heavy atom. The van der Waals surface area contributed by atoms with Gasteiger partial charge in [0.1, 0.15) is 0 Å². The van der Waals surface area contributed by atoms with Crippen LogP contribution in [0.1, 0.15) is 45.4 Å². The van der Waals surface area contributed by atoms with Crippen LogP contribution in [0.5, 0.6) is 0 Å². The lowest BCUT2D eigenvalue weighted by Crippen LogP contribution is -2.25. The SMILES string of the molecule is C[C@H]1CCCC/C1=N/NC(=O)CCC(=O)Nc1ccccc1Br. The van der Waals surface area contributed by atoms with Gasteiger partial charge in [-0.15, -0.1) is 0 Å². The molecule has 5 nitrogen and oxygen atoms in total. The van der Waals surface area contributed by atoms with E-state index in [1.807, 2.05) is 18.2 Å². The molecule has 0 unspecified atom stereocenters. The molecule has 124 valence electrons. The highest BCUT2D eigenvalue weighted by Gasteiger charge is 2.16. The third kappa shape index (κ3) is 5.78. The van der Waals surface area contributed by atoms with Crippen LogP contribution in [0.3, 0.4) is 0 Å². The van der Waals surface area contributed by atoms with Gasteiger partial charge in [-0.25, -0.2) is 5.43 Å². The first-order valence-corrected chi connectivity index (χ1v) is 8.75. The topological polar surface area (TPSA) is 70.6 Å². The molecule has 1 aliphatic carbocycles. The fraction of sp³-hybridized carbons (Fsp3) is 0.471. The monoisotopic (exact) mass is 379 g/mol. The van der Waals surface area contributed by atoms with Crippen molar-refractivity contribution in [1.82, 2.24) is 5.43 Å². The van der Waals surface area contributed by atoms with Crippen LogP contribution in [0.2, 0.25) is 0 Å². The minimum atomic E-state index is -0.224. The predicted octanol–water partition coefficient (Wildman–Crippen LogP) is 3.85. The molecule has 1 fully saturated rings. The maximum absolute atomic E-state index is 11.9. The molecule has 1 aromatic rings. The average Bonchev–Trinajstić information content (AvgIpc) is 2.54. The molecule has 1 saturated carbocycles. The molecule has 0 radical (unpaired) electrons. The van der Waals surface area contributed by atoms with E-state index in [9.17, 15) is 9.59 Å². The van der Waals surface area contributed by atoms with Gasteiger partial charge in [0.05, 0.1) is 5.69 Å². The van der Waals surface area contributed by atoms with Gasteiger partial charge in [-0.1, -0.05) is 25.5 Å². The molecule has 2 amide bonds. The van der Waals surface area contributed by atoms with E-state index >= 15 is 0 Å². The van der Waals surface area contributed by atoms with Crippen LogP contribution in [0, 0.1) is 5.92 Å². The van der Waals surface area contributed by atoms with Crippen molar-refractivity contribution in [2.45, 2.75) is 45.4 Å². The second-order valence-corrected chi connectivity index (χ2v) is 6.67. The summed E-state index contributed by atoms with van der Waals surface area (Å²) in [5, 5.41) is 6.99. The normalized spacial score (nSPS) is 19.4. The number of rotatable bonds is 5. The number of halogens is 1. The molecule has 1 aromatic carbocycles. The lowest BCUT2D eigenvalue weighted by Gasteiger charge is -2.19. The number of nitrogens with one attached hydrogen (secondary N) is 2. The molecule has 0 bridgehead atoms. The van der Waals surface area contributed by atoms with Crippen molar-refractivity contribution in [2.24, 2.45) is 11.0 Å². The van der Waals surface area contributed by atoms with Gasteiger partial charge in [0.2, 0.25) is 11.8 Å². The van der Waals surface area contributed by atoms with E-state index in [1.54, 1.807) is 6.07 Å². The second kappa shape index (κ2) is 8.82. The number of hydrogen-bond donors (Lipinski definition) is 2. The maximum atomic E-state index is 11.9. The van der Waals surface area contributed by atoms with Crippen molar-refractivity contribution >= 4 is 39.1 Å². The minimum absolute atomic E-state index is 0.126. The molecule has 0 heterocycles. The van der Waals surface area contributed by atoms with E-state index in [-0.39, 0.29) is 24.7 Å². The summed E-state index contributed by atoms with van der Waals surface area (Å²) in [5.41, 5.74) is 4.33. The van der Waals surface area contributed by atoms with Gasteiger partial charge >= 0.3 is 0 Å². The fourth-order valence-corrected chi connectivity index (χ4v) is 2.91. The van der Waals surface area contributed by atoms with E-state index in [0.717, 1.165) is 29.4 Å². The number of hydrogen-bond acceptors (Lipinski definition) is 3. The summed E-state index contributed by atoms with van der Waals surface area (Å²) in [7, 11) is 0. The van der Waals surface area contributed by atoms with Crippen LogP contribution in [0.15, 0.2) is 33.8 Å². The predicted molar refractivity (Wildman–Crippen MR) is 95.2 cm³/mol. The van der Waals surface area contributed by atoms with E-state index in [1.165, 1.54) is 6.42 Å². The lowest BCUT2D eigenvalue weighted by atomic mass is 9.89. The molecule has 0 aromatic heterocycles. The van der Waals surface area contributed by atoms with E-state index < -0.39 is 0 Å². The fourth-order valence-electron chi connectivity index (χ4n) is 2.53. The Morgan fingerprint density at radius 2 is 1.96 bits per heavy atom. The van der Waals surface area contributed by atoms with Gasteiger partial charge in [0.25, 0.3) is 0 Å². The quantitative estimate of drug-likeness (QED) is 0.762. The Balaban J connectivity index is 1.74. The Kier molecular flexibility index (Phi) is 6.77. The molecular weight excluding hydrogens is 358 g/mol. The largest absolute Gasteiger partial charge is 0.325 e. The average molecular weight is 380 g/mol. The van der Waals surface area contributed by atoms with Gasteiger partial charge in [-0.2, -0.15) is 5.10 Å². The number of benzene rings is 1. The Bertz CT molecular complexity index is 601. The number of para-hydroxylation sites is 1. The standard InChI is InChI=1S/C17H22BrN3O2/c1-12-6-2-4-8-14(12)20-21-17(23)11-10-16(22)19-15-9-5-3-7-13(15)18/h3,5,7,9,12H,2,4,6,8,10-11H2,1H3,(H,19,22)(H,21,23)/b20-14-/t12-/m0/s1. The van der Waals surface area contributed by atoms with Crippen LogP contribution in [0.25, 0.3) is 0 Å². The third-order valence-electron chi connectivity index (χ3n) is 3.94. The molecule has 1 atom stereocenters. The first-order valence-electron chi connectivity index (χ1n) is 7.96.